The molecule has 0 fully saturated rings. The zero-order valence-corrected chi connectivity index (χ0v) is 21.3. The van der Waals surface area contributed by atoms with Crippen LogP contribution in [0.4, 0.5) is 15.8 Å². The summed E-state index contributed by atoms with van der Waals surface area (Å²) in [7, 11) is 0. The third kappa shape index (κ3) is 7.56. The number of ether oxygens (including phenoxy) is 2. The van der Waals surface area contributed by atoms with Gasteiger partial charge in [-0.2, -0.15) is 5.26 Å². The van der Waals surface area contributed by atoms with E-state index in [1.54, 1.807) is 19.1 Å². The van der Waals surface area contributed by atoms with Crippen molar-refractivity contribution in [1.82, 2.24) is 0 Å². The summed E-state index contributed by atoms with van der Waals surface area (Å²) in [6, 6.07) is 15.6. The molecule has 0 bridgehead atoms. The Kier molecular flexibility index (Phi) is 9.25. The van der Waals surface area contributed by atoms with Crippen molar-refractivity contribution < 1.29 is 23.5 Å². The van der Waals surface area contributed by atoms with Gasteiger partial charge in [0.25, 0.3) is 11.8 Å². The van der Waals surface area contributed by atoms with Crippen molar-refractivity contribution in [3.63, 3.8) is 0 Å². The van der Waals surface area contributed by atoms with E-state index in [4.69, 9.17) is 21.1 Å². The third-order valence-corrected chi connectivity index (χ3v) is 5.53. The van der Waals surface area contributed by atoms with Gasteiger partial charge in [0.05, 0.1) is 11.6 Å². The Hall–Kier alpha value is -4.35. The van der Waals surface area contributed by atoms with E-state index in [1.165, 1.54) is 36.4 Å². The van der Waals surface area contributed by atoms with E-state index < -0.39 is 11.7 Å². The van der Waals surface area contributed by atoms with Crippen LogP contribution in [-0.2, 0) is 9.59 Å². The molecule has 0 atom stereocenters. The summed E-state index contributed by atoms with van der Waals surface area (Å²) < 4.78 is 24.4. The van der Waals surface area contributed by atoms with Gasteiger partial charge >= 0.3 is 0 Å². The average molecular weight is 522 g/mol. The number of nitrogens with zero attached hydrogens (tertiary/aromatic N) is 1. The number of carbonyl (C=O) groups is 2. The summed E-state index contributed by atoms with van der Waals surface area (Å²) in [5.74, 6) is -1.10. The van der Waals surface area contributed by atoms with Gasteiger partial charge in [-0.3, -0.25) is 9.59 Å². The van der Waals surface area contributed by atoms with Crippen LogP contribution >= 0.6 is 11.6 Å². The minimum atomic E-state index is -0.675. The molecule has 0 aromatic heterocycles. The minimum absolute atomic E-state index is 0.132. The highest BCUT2D eigenvalue weighted by Gasteiger charge is 2.16. The number of amides is 2. The fourth-order valence-electron chi connectivity index (χ4n) is 3.28. The van der Waals surface area contributed by atoms with E-state index >= 15 is 0 Å². The SMILES string of the molecule is CCOc1cc(/C=C(\C#N)C(=O)Nc2ccc(F)cc2)cc(Cl)c1OCC(=O)Nc1ccc(C)c(C)c1. The molecule has 0 saturated heterocycles. The zero-order valence-electron chi connectivity index (χ0n) is 20.5. The molecule has 3 aromatic carbocycles. The van der Waals surface area contributed by atoms with Gasteiger partial charge in [0, 0.05) is 11.4 Å². The first-order chi connectivity index (χ1) is 17.7. The van der Waals surface area contributed by atoms with Crippen LogP contribution in [0.5, 0.6) is 11.5 Å². The number of aryl methyl sites for hydroxylation is 2. The Balaban J connectivity index is 1.76. The monoisotopic (exact) mass is 521 g/mol. The second-order valence-corrected chi connectivity index (χ2v) is 8.44. The highest BCUT2D eigenvalue weighted by molar-refractivity contribution is 6.32. The molecule has 2 N–H and O–H groups in total. The number of halogens is 2. The van der Waals surface area contributed by atoms with Crippen molar-refractivity contribution >= 4 is 40.9 Å². The number of nitriles is 1. The summed E-state index contributed by atoms with van der Waals surface area (Å²) >= 11 is 6.42. The largest absolute Gasteiger partial charge is 0.490 e. The maximum Gasteiger partial charge on any atom is 0.266 e. The molecule has 0 saturated carbocycles. The summed E-state index contributed by atoms with van der Waals surface area (Å²) in [5.41, 5.74) is 3.35. The lowest BCUT2D eigenvalue weighted by atomic mass is 10.1. The molecule has 2 amide bonds. The Labute approximate surface area is 219 Å². The second-order valence-electron chi connectivity index (χ2n) is 8.03. The minimum Gasteiger partial charge on any atom is -0.490 e. The third-order valence-electron chi connectivity index (χ3n) is 5.25. The topological polar surface area (TPSA) is 100 Å². The van der Waals surface area contributed by atoms with Crippen LogP contribution in [0.25, 0.3) is 6.08 Å². The van der Waals surface area contributed by atoms with Crippen molar-refractivity contribution in [2.45, 2.75) is 20.8 Å². The Morgan fingerprint density at radius 1 is 1.00 bits per heavy atom. The zero-order chi connectivity index (χ0) is 26.9. The number of hydrogen-bond donors (Lipinski definition) is 2. The van der Waals surface area contributed by atoms with Crippen molar-refractivity contribution in [3.8, 4) is 17.6 Å². The van der Waals surface area contributed by atoms with Gasteiger partial charge in [0.15, 0.2) is 18.1 Å². The van der Waals surface area contributed by atoms with Crippen molar-refractivity contribution in [2.75, 3.05) is 23.8 Å². The lowest BCUT2D eigenvalue weighted by Crippen LogP contribution is -2.20. The summed E-state index contributed by atoms with van der Waals surface area (Å²) in [6.45, 7) is 5.67. The Morgan fingerprint density at radius 2 is 1.70 bits per heavy atom. The van der Waals surface area contributed by atoms with Gasteiger partial charge < -0.3 is 20.1 Å². The average Bonchev–Trinajstić information content (AvgIpc) is 2.85. The van der Waals surface area contributed by atoms with Gasteiger partial charge in [-0.15, -0.1) is 0 Å². The summed E-state index contributed by atoms with van der Waals surface area (Å²) in [5, 5.41) is 14.9. The first kappa shape index (κ1) is 27.2. The molecule has 190 valence electrons. The van der Waals surface area contributed by atoms with Crippen molar-refractivity contribution in [2.24, 2.45) is 0 Å². The molecule has 7 nitrogen and oxygen atoms in total. The molecule has 0 aliphatic rings. The molecule has 3 rings (SSSR count). The standard InChI is InChI=1S/C28H25ClFN3O4/c1-4-36-25-14-19(12-20(15-31)28(35)33-22-9-6-21(30)7-10-22)13-24(29)27(25)37-16-26(34)32-23-8-5-17(2)18(3)11-23/h5-14H,4,16H2,1-3H3,(H,32,34)(H,33,35)/b20-12+. The highest BCUT2D eigenvalue weighted by Crippen LogP contribution is 2.37. The van der Waals surface area contributed by atoms with E-state index in [-0.39, 0.29) is 41.2 Å². The van der Waals surface area contributed by atoms with E-state index in [2.05, 4.69) is 10.6 Å². The molecule has 0 spiro atoms. The van der Waals surface area contributed by atoms with Crippen molar-refractivity contribution in [1.29, 1.82) is 5.26 Å². The first-order valence-electron chi connectivity index (χ1n) is 11.3. The number of carbonyl (C=O) groups excluding carboxylic acids is 2. The summed E-state index contributed by atoms with van der Waals surface area (Å²) in [6.07, 6.45) is 1.34. The van der Waals surface area contributed by atoms with Gasteiger partial charge in [-0.1, -0.05) is 17.7 Å². The molecule has 0 aliphatic heterocycles. The van der Waals surface area contributed by atoms with E-state index in [1.807, 2.05) is 32.0 Å². The molecular formula is C28H25ClFN3O4. The molecule has 0 aliphatic carbocycles. The normalized spacial score (nSPS) is 10.9. The van der Waals surface area contributed by atoms with E-state index in [0.717, 1.165) is 11.1 Å². The van der Waals surface area contributed by atoms with E-state index in [9.17, 15) is 19.2 Å². The number of rotatable bonds is 9. The van der Waals surface area contributed by atoms with Crippen LogP contribution in [-0.4, -0.2) is 25.0 Å². The van der Waals surface area contributed by atoms with Crippen LogP contribution < -0.4 is 20.1 Å². The maximum absolute atomic E-state index is 13.1. The van der Waals surface area contributed by atoms with Gasteiger partial charge in [-0.25, -0.2) is 4.39 Å². The number of nitrogens with one attached hydrogen (secondary N) is 2. The summed E-state index contributed by atoms with van der Waals surface area (Å²) in [4.78, 5) is 25.0. The number of benzene rings is 3. The van der Waals surface area contributed by atoms with Gasteiger partial charge in [0.2, 0.25) is 0 Å². The van der Waals surface area contributed by atoms with Gasteiger partial charge in [0.1, 0.15) is 17.5 Å². The van der Waals surface area contributed by atoms with E-state index in [0.29, 0.717) is 16.9 Å². The molecule has 0 heterocycles. The number of hydrogen-bond acceptors (Lipinski definition) is 5. The molecular weight excluding hydrogens is 497 g/mol. The fraction of sp³-hybridized carbons (Fsp3) is 0.179. The Morgan fingerprint density at radius 3 is 2.35 bits per heavy atom. The highest BCUT2D eigenvalue weighted by atomic mass is 35.5. The van der Waals surface area contributed by atoms with Gasteiger partial charge in [-0.05, 0) is 92.1 Å². The quantitative estimate of drug-likeness (QED) is 0.263. The lowest BCUT2D eigenvalue weighted by molar-refractivity contribution is -0.118. The van der Waals surface area contributed by atoms with Crippen LogP contribution in [0.15, 0.2) is 60.2 Å². The molecule has 3 aromatic rings. The molecule has 0 radical (unpaired) electrons. The molecule has 9 heteroatoms. The van der Waals surface area contributed by atoms with Crippen LogP contribution in [0.2, 0.25) is 5.02 Å². The molecule has 0 unspecified atom stereocenters. The van der Waals surface area contributed by atoms with Crippen LogP contribution in [0.3, 0.4) is 0 Å². The lowest BCUT2D eigenvalue weighted by Gasteiger charge is -2.15. The predicted octanol–water partition coefficient (Wildman–Crippen LogP) is 6.06. The fourth-order valence-corrected chi connectivity index (χ4v) is 3.55. The predicted molar refractivity (Wildman–Crippen MR) is 141 cm³/mol. The Bertz CT molecular complexity index is 1380. The second kappa shape index (κ2) is 12.6. The first-order valence-corrected chi connectivity index (χ1v) is 11.7. The maximum atomic E-state index is 13.1. The van der Waals surface area contributed by atoms with Crippen LogP contribution in [0, 0.1) is 31.0 Å². The number of anilines is 2. The van der Waals surface area contributed by atoms with Crippen molar-refractivity contribution in [3.05, 3.63) is 87.7 Å². The molecule has 37 heavy (non-hydrogen) atoms. The smallest absolute Gasteiger partial charge is 0.266 e. The van der Waals surface area contributed by atoms with Crippen LogP contribution in [0.1, 0.15) is 23.6 Å².